The summed E-state index contributed by atoms with van der Waals surface area (Å²) in [4.78, 5) is 29.4. The molecule has 68 heavy (non-hydrogen) atoms. The molecule has 2 amide bonds. The molecule has 0 saturated carbocycles. The Morgan fingerprint density at radius 2 is 1.37 bits per heavy atom. The lowest BCUT2D eigenvalue weighted by Gasteiger charge is -2.44. The van der Waals surface area contributed by atoms with E-state index in [0.717, 1.165) is 21.5 Å². The molecule has 8 nitrogen and oxygen atoms in total. The number of rotatable bonds is 14. The van der Waals surface area contributed by atoms with E-state index in [2.05, 4.69) is 20.8 Å². The van der Waals surface area contributed by atoms with Crippen LogP contribution in [0.5, 0.6) is 11.5 Å². The van der Waals surface area contributed by atoms with Crippen LogP contribution in [0.2, 0.25) is 5.04 Å². The molecule has 1 aliphatic carbocycles. The number of ether oxygens (including phenoxy) is 1. The van der Waals surface area contributed by atoms with E-state index in [9.17, 15) is 51.3 Å². The molecule has 4 atom stereocenters. The normalized spacial score (nSPS) is 18.8. The Labute approximate surface area is 405 Å². The number of hydrogen-bond donors (Lipinski definition) is 3. The van der Waals surface area contributed by atoms with Gasteiger partial charge in [0.05, 0.1) is 58.6 Å². The van der Waals surface area contributed by atoms with E-state index in [1.165, 1.54) is 7.11 Å². The first kappa shape index (κ1) is 50.6. The number of anilines is 1. The summed E-state index contributed by atoms with van der Waals surface area (Å²) in [6.45, 7) is 5.17. The van der Waals surface area contributed by atoms with Gasteiger partial charge in [0.25, 0.3) is 8.32 Å². The summed E-state index contributed by atoms with van der Waals surface area (Å²) in [6.07, 6.45) is -10.0. The average molecular weight is 1070 g/mol. The molecule has 7 rings (SSSR count). The smallest absolute Gasteiger partial charge is 0.416 e. The van der Waals surface area contributed by atoms with Crippen LogP contribution in [0.3, 0.4) is 0 Å². The van der Waals surface area contributed by atoms with Gasteiger partial charge >= 0.3 is 12.4 Å². The second-order valence-electron chi connectivity index (χ2n) is 18.1. The number of hydrogen-bond acceptors (Lipinski definition) is 7. The van der Waals surface area contributed by atoms with Gasteiger partial charge in [0.2, 0.25) is 11.8 Å². The lowest BCUT2D eigenvalue weighted by Crippen LogP contribution is -2.66. The van der Waals surface area contributed by atoms with Gasteiger partial charge in [-0.3, -0.25) is 9.59 Å². The maximum atomic E-state index is 14.6. The minimum Gasteiger partial charge on any atom is -0.504 e. The third kappa shape index (κ3) is 10.1. The summed E-state index contributed by atoms with van der Waals surface area (Å²) in [5.74, 6) is -5.97. The molecule has 0 aromatic heterocycles. The van der Waals surface area contributed by atoms with Crippen molar-refractivity contribution in [3.8, 4) is 11.5 Å². The predicted molar refractivity (Wildman–Crippen MR) is 259 cm³/mol. The Morgan fingerprint density at radius 1 is 0.824 bits per heavy atom. The molecule has 5 aromatic carbocycles. The molecule has 1 heterocycles. The standard InChI is InChI=1S/C52H50F6INO7Si/c1-50(2,3)68(38-16-10-6-11-17-38,39-18-12-7-13-19-39)67-30-34-25-40-46(49(65)60(48(40)64)37-27-35(51(53,54)55)26-36(28-37)52(56,57)58)41(29-61)45(34)43(62)21-20-33(32-14-8-5-9-15-32)22-31-23-42(59)47(63)44(24-31)66-4/h5-19,22-24,26-28,40-41,43,46,61-63H,20-21,25,29-30H2,1-4H3/b33-22-/t40-,41+,43-,46-/m1/s1. The lowest BCUT2D eigenvalue weighted by molar-refractivity contribution is -0.143. The van der Waals surface area contributed by atoms with Crippen LogP contribution in [0.25, 0.3) is 11.6 Å². The topological polar surface area (TPSA) is 117 Å². The zero-order chi connectivity index (χ0) is 49.3. The number of benzene rings is 5. The molecular weight excluding hydrogens is 1020 g/mol. The summed E-state index contributed by atoms with van der Waals surface area (Å²) in [5, 5.41) is 35.7. The van der Waals surface area contributed by atoms with Crippen LogP contribution < -0.4 is 20.0 Å². The molecular formula is C52H50F6INO7Si. The molecule has 1 fully saturated rings. The maximum Gasteiger partial charge on any atom is 0.416 e. The molecule has 2 aliphatic rings. The largest absolute Gasteiger partial charge is 0.504 e. The van der Waals surface area contributed by atoms with Crippen molar-refractivity contribution in [2.24, 2.45) is 17.8 Å². The Bertz CT molecular complexity index is 2630. The fourth-order valence-corrected chi connectivity index (χ4v) is 15.0. The number of alkyl halides is 6. The number of phenolic OH excluding ortho intramolecular Hbond substituents is 1. The average Bonchev–Trinajstić information content (AvgIpc) is 3.56. The maximum absolute atomic E-state index is 14.6. The molecule has 0 bridgehead atoms. The van der Waals surface area contributed by atoms with Crippen LogP contribution in [-0.2, 0) is 26.4 Å². The van der Waals surface area contributed by atoms with Crippen LogP contribution in [0.4, 0.5) is 32.0 Å². The molecule has 0 radical (unpaired) electrons. The highest BCUT2D eigenvalue weighted by molar-refractivity contribution is 14.1. The van der Waals surface area contributed by atoms with Crippen LogP contribution in [0, 0.1) is 21.3 Å². The van der Waals surface area contributed by atoms with Crippen molar-refractivity contribution < 1.29 is 60.4 Å². The number of aromatic hydroxyl groups is 1. The van der Waals surface area contributed by atoms with Crippen LogP contribution in [0.15, 0.2) is 132 Å². The fourth-order valence-electron chi connectivity index (χ4n) is 9.80. The zero-order valence-electron chi connectivity index (χ0n) is 37.5. The summed E-state index contributed by atoms with van der Waals surface area (Å²) < 4.78 is 97.9. The number of nitrogens with zero attached hydrogens (tertiary/aromatic N) is 1. The monoisotopic (exact) mass is 1070 g/mol. The first-order chi connectivity index (χ1) is 32.1. The summed E-state index contributed by atoms with van der Waals surface area (Å²) in [6, 6.07) is 32.6. The van der Waals surface area contributed by atoms with E-state index < -0.39 is 84.8 Å². The first-order valence-corrected chi connectivity index (χ1v) is 24.8. The van der Waals surface area contributed by atoms with Crippen molar-refractivity contribution in [2.75, 3.05) is 25.2 Å². The van der Waals surface area contributed by atoms with E-state index in [1.54, 1.807) is 12.1 Å². The molecule has 1 saturated heterocycles. The van der Waals surface area contributed by atoms with Crippen molar-refractivity contribution in [1.82, 2.24) is 0 Å². The minimum absolute atomic E-state index is 0.00733. The molecule has 3 N–H and O–H groups in total. The van der Waals surface area contributed by atoms with Crippen LogP contribution >= 0.6 is 22.6 Å². The van der Waals surface area contributed by atoms with Crippen LogP contribution in [0.1, 0.15) is 62.3 Å². The van der Waals surface area contributed by atoms with Gasteiger partial charge in [0, 0.05) is 5.92 Å². The highest BCUT2D eigenvalue weighted by atomic mass is 127. The number of allylic oxidation sites excluding steroid dienone is 1. The zero-order valence-corrected chi connectivity index (χ0v) is 40.7. The molecule has 358 valence electrons. The molecule has 0 unspecified atom stereocenters. The first-order valence-electron chi connectivity index (χ1n) is 21.9. The highest BCUT2D eigenvalue weighted by Crippen LogP contribution is 2.50. The Morgan fingerprint density at radius 3 is 1.87 bits per heavy atom. The molecule has 16 heteroatoms. The third-order valence-electron chi connectivity index (χ3n) is 12.9. The number of fused-ring (bicyclic) bond motifs is 1. The Hall–Kier alpha value is -5.27. The minimum atomic E-state index is -5.26. The Kier molecular flexibility index (Phi) is 14.9. The second kappa shape index (κ2) is 20.0. The van der Waals surface area contributed by atoms with Crippen molar-refractivity contribution in [3.63, 3.8) is 0 Å². The van der Waals surface area contributed by atoms with Gasteiger partial charge in [-0.2, -0.15) is 26.3 Å². The summed E-state index contributed by atoms with van der Waals surface area (Å²) in [7, 11) is -1.91. The number of halogens is 7. The number of amides is 2. The molecule has 0 spiro atoms. The quantitative estimate of drug-likeness (QED) is 0.0253. The summed E-state index contributed by atoms with van der Waals surface area (Å²) >= 11 is 1.99. The number of phenols is 1. The number of aliphatic hydroxyl groups excluding tert-OH is 2. The van der Waals surface area contributed by atoms with Gasteiger partial charge < -0.3 is 24.5 Å². The number of carbonyl (C=O) groups excluding carboxylic acids is 2. The number of aliphatic hydroxyl groups is 2. The van der Waals surface area contributed by atoms with Gasteiger partial charge in [0.15, 0.2) is 11.5 Å². The van der Waals surface area contributed by atoms with Gasteiger partial charge in [-0.05, 0) is 115 Å². The van der Waals surface area contributed by atoms with E-state index in [0.29, 0.717) is 31.7 Å². The van der Waals surface area contributed by atoms with E-state index in [4.69, 9.17) is 9.16 Å². The van der Waals surface area contributed by atoms with Crippen LogP contribution in [-0.4, -0.2) is 61.9 Å². The summed E-state index contributed by atoms with van der Waals surface area (Å²) in [5.41, 5.74) is -1.46. The van der Waals surface area contributed by atoms with Gasteiger partial charge in [-0.25, -0.2) is 4.90 Å². The fraction of sp³-hybridized carbons (Fsp3) is 0.308. The SMILES string of the molecule is COc1cc(/C=C(/CC[C@@H](O)C2=C(CO[Si](c3ccccc3)(c3ccccc3)C(C)(C)C)C[C@H]3C(=O)N(c4cc(C(F)(F)F)cc(C(F)(F)F)c4)C(=O)[C@H]3[C@H]2CO)c2ccccc2)cc(I)c1O. The number of imide groups is 1. The number of methoxy groups -OCH3 is 1. The van der Waals surface area contributed by atoms with Gasteiger partial charge in [0.1, 0.15) is 0 Å². The molecule has 1 aliphatic heterocycles. The predicted octanol–water partition coefficient (Wildman–Crippen LogP) is 10.4. The van der Waals surface area contributed by atoms with Crippen molar-refractivity contribution in [1.29, 1.82) is 0 Å². The third-order valence-corrected chi connectivity index (χ3v) is 18.7. The van der Waals surface area contributed by atoms with Gasteiger partial charge in [-0.15, -0.1) is 0 Å². The van der Waals surface area contributed by atoms with Crippen molar-refractivity contribution >= 4 is 70.4 Å². The highest BCUT2D eigenvalue weighted by Gasteiger charge is 2.57. The Balaban J connectivity index is 1.35. The van der Waals surface area contributed by atoms with E-state index in [1.807, 2.05) is 120 Å². The molecule has 5 aromatic rings. The number of carbonyl (C=O) groups is 2. The van der Waals surface area contributed by atoms with Crippen molar-refractivity contribution in [2.45, 2.75) is 63.5 Å². The lowest BCUT2D eigenvalue weighted by atomic mass is 9.68. The van der Waals surface area contributed by atoms with Crippen molar-refractivity contribution in [3.05, 3.63) is 158 Å². The van der Waals surface area contributed by atoms with Gasteiger partial charge in [-0.1, -0.05) is 118 Å². The van der Waals surface area contributed by atoms with E-state index in [-0.39, 0.29) is 49.0 Å². The van der Waals surface area contributed by atoms with E-state index >= 15 is 0 Å². The second-order valence-corrected chi connectivity index (χ2v) is 23.5.